The molecule has 20 heavy (non-hydrogen) atoms. The van der Waals surface area contributed by atoms with Crippen LogP contribution in [0.25, 0.3) is 0 Å². The molecule has 1 aliphatic heterocycles. The van der Waals surface area contributed by atoms with Gasteiger partial charge in [-0.05, 0) is 45.6 Å². The third-order valence-electron chi connectivity index (χ3n) is 3.66. The first-order valence-electron chi connectivity index (χ1n) is 6.70. The zero-order valence-electron chi connectivity index (χ0n) is 11.0. The highest BCUT2D eigenvalue weighted by Crippen LogP contribution is 2.29. The van der Waals surface area contributed by atoms with Crippen molar-refractivity contribution < 1.29 is 9.84 Å². The highest BCUT2D eigenvalue weighted by atomic mass is 79.9. The summed E-state index contributed by atoms with van der Waals surface area (Å²) in [5.74, 6) is 1.07. The second-order valence-electron chi connectivity index (χ2n) is 5.17. The van der Waals surface area contributed by atoms with E-state index in [0.29, 0.717) is 13.0 Å². The lowest BCUT2D eigenvalue weighted by Crippen LogP contribution is -2.33. The molecule has 0 amide bonds. The standard InChI is InChI=1S/C16H16BrNO2/c17-14-5-11(8-18-9-14)6-15(19)13-7-12-3-1-2-4-16(12)20-10-13/h1-5,8-9,13,15,19H,6-7,10H2. The Balaban J connectivity index is 1.68. The van der Waals surface area contributed by atoms with Gasteiger partial charge < -0.3 is 9.84 Å². The molecule has 0 saturated carbocycles. The van der Waals surface area contributed by atoms with Gasteiger partial charge in [0, 0.05) is 29.2 Å². The van der Waals surface area contributed by atoms with E-state index in [-0.39, 0.29) is 5.92 Å². The van der Waals surface area contributed by atoms with Crippen LogP contribution in [-0.4, -0.2) is 22.8 Å². The van der Waals surface area contributed by atoms with E-state index < -0.39 is 6.10 Å². The van der Waals surface area contributed by atoms with Crippen LogP contribution in [0.15, 0.2) is 47.2 Å². The highest BCUT2D eigenvalue weighted by molar-refractivity contribution is 9.10. The molecule has 0 bridgehead atoms. The van der Waals surface area contributed by atoms with Crippen molar-refractivity contribution in [2.45, 2.75) is 18.9 Å². The number of halogens is 1. The molecule has 1 N–H and O–H groups in total. The van der Waals surface area contributed by atoms with E-state index >= 15 is 0 Å². The molecule has 0 radical (unpaired) electrons. The van der Waals surface area contributed by atoms with Gasteiger partial charge in [-0.15, -0.1) is 0 Å². The molecule has 1 aliphatic rings. The van der Waals surface area contributed by atoms with Crippen LogP contribution in [0.5, 0.6) is 5.75 Å². The number of ether oxygens (including phenoxy) is 1. The lowest BCUT2D eigenvalue weighted by Gasteiger charge is -2.28. The maximum atomic E-state index is 10.4. The summed E-state index contributed by atoms with van der Waals surface area (Å²) in [6.07, 6.45) is 4.59. The number of fused-ring (bicyclic) bond motifs is 1. The van der Waals surface area contributed by atoms with Crippen molar-refractivity contribution >= 4 is 15.9 Å². The van der Waals surface area contributed by atoms with E-state index in [0.717, 1.165) is 22.2 Å². The van der Waals surface area contributed by atoms with E-state index in [2.05, 4.69) is 27.0 Å². The van der Waals surface area contributed by atoms with E-state index in [1.54, 1.807) is 12.4 Å². The summed E-state index contributed by atoms with van der Waals surface area (Å²) in [5, 5.41) is 10.4. The van der Waals surface area contributed by atoms with Gasteiger partial charge in [0.2, 0.25) is 0 Å². The third-order valence-corrected chi connectivity index (χ3v) is 4.09. The Hall–Kier alpha value is -1.39. The van der Waals surface area contributed by atoms with Crippen molar-refractivity contribution in [3.8, 4) is 5.75 Å². The fourth-order valence-electron chi connectivity index (χ4n) is 2.57. The lowest BCUT2D eigenvalue weighted by atomic mass is 9.89. The van der Waals surface area contributed by atoms with E-state index in [1.165, 1.54) is 5.56 Å². The minimum Gasteiger partial charge on any atom is -0.493 e. The summed E-state index contributed by atoms with van der Waals surface area (Å²) < 4.78 is 6.67. The average molecular weight is 334 g/mol. The highest BCUT2D eigenvalue weighted by Gasteiger charge is 2.26. The van der Waals surface area contributed by atoms with Crippen LogP contribution >= 0.6 is 15.9 Å². The molecule has 3 rings (SSSR count). The van der Waals surface area contributed by atoms with Gasteiger partial charge in [-0.1, -0.05) is 18.2 Å². The first-order chi connectivity index (χ1) is 9.72. The van der Waals surface area contributed by atoms with Gasteiger partial charge in [0.15, 0.2) is 0 Å². The molecule has 0 spiro atoms. The molecular formula is C16H16BrNO2. The molecule has 0 saturated heterocycles. The molecular weight excluding hydrogens is 318 g/mol. The van der Waals surface area contributed by atoms with E-state index in [9.17, 15) is 5.11 Å². The maximum absolute atomic E-state index is 10.4. The van der Waals surface area contributed by atoms with Crippen molar-refractivity contribution in [1.82, 2.24) is 4.98 Å². The summed E-state index contributed by atoms with van der Waals surface area (Å²) in [4.78, 5) is 4.13. The van der Waals surface area contributed by atoms with E-state index in [1.807, 2.05) is 24.3 Å². The fourth-order valence-corrected chi connectivity index (χ4v) is 2.99. The number of rotatable bonds is 3. The van der Waals surface area contributed by atoms with Crippen LogP contribution < -0.4 is 4.74 Å². The number of aromatic nitrogens is 1. The molecule has 4 heteroatoms. The van der Waals surface area contributed by atoms with Crippen molar-refractivity contribution in [2.75, 3.05) is 6.61 Å². The van der Waals surface area contributed by atoms with Crippen LogP contribution in [0, 0.1) is 5.92 Å². The molecule has 1 aromatic heterocycles. The summed E-state index contributed by atoms with van der Waals surface area (Å²) in [6, 6.07) is 10.0. The molecule has 2 aromatic rings. The van der Waals surface area contributed by atoms with Gasteiger partial charge in [0.05, 0.1) is 12.7 Å². The van der Waals surface area contributed by atoms with Gasteiger partial charge in [0.1, 0.15) is 5.75 Å². The van der Waals surface area contributed by atoms with Crippen molar-refractivity contribution in [1.29, 1.82) is 0 Å². The Bertz CT molecular complexity index is 603. The van der Waals surface area contributed by atoms with Gasteiger partial charge in [-0.2, -0.15) is 0 Å². The van der Waals surface area contributed by atoms with Crippen LogP contribution in [0.2, 0.25) is 0 Å². The largest absolute Gasteiger partial charge is 0.493 e. The SMILES string of the molecule is OC(Cc1cncc(Br)c1)C1COc2ccccc2C1. The first-order valence-corrected chi connectivity index (χ1v) is 7.50. The van der Waals surface area contributed by atoms with Crippen molar-refractivity contribution in [2.24, 2.45) is 5.92 Å². The summed E-state index contributed by atoms with van der Waals surface area (Å²) in [5.41, 5.74) is 2.21. The zero-order chi connectivity index (χ0) is 13.9. The predicted octanol–water partition coefficient (Wildman–Crippen LogP) is 3.00. The summed E-state index contributed by atoms with van der Waals surface area (Å²) in [6.45, 7) is 0.569. The second kappa shape index (κ2) is 5.94. The Morgan fingerprint density at radius 3 is 3.05 bits per heavy atom. The van der Waals surface area contributed by atoms with Gasteiger partial charge in [0.25, 0.3) is 0 Å². The lowest BCUT2D eigenvalue weighted by molar-refractivity contribution is 0.0652. The molecule has 2 atom stereocenters. The summed E-state index contributed by atoms with van der Waals surface area (Å²) >= 11 is 3.40. The number of hydrogen-bond acceptors (Lipinski definition) is 3. The average Bonchev–Trinajstić information content (AvgIpc) is 2.47. The predicted molar refractivity (Wildman–Crippen MR) is 80.8 cm³/mol. The smallest absolute Gasteiger partial charge is 0.122 e. The van der Waals surface area contributed by atoms with Crippen LogP contribution in [-0.2, 0) is 12.8 Å². The van der Waals surface area contributed by atoms with Crippen LogP contribution in [0.4, 0.5) is 0 Å². The number of aliphatic hydroxyl groups excluding tert-OH is 1. The number of pyridine rings is 1. The minimum atomic E-state index is -0.417. The molecule has 3 nitrogen and oxygen atoms in total. The molecule has 2 heterocycles. The normalized spacial score (nSPS) is 19.0. The van der Waals surface area contributed by atoms with Crippen molar-refractivity contribution in [3.05, 3.63) is 58.3 Å². The van der Waals surface area contributed by atoms with E-state index in [4.69, 9.17) is 4.74 Å². The maximum Gasteiger partial charge on any atom is 0.122 e. The Labute approximate surface area is 126 Å². The number of benzene rings is 1. The van der Waals surface area contributed by atoms with Crippen LogP contribution in [0.1, 0.15) is 11.1 Å². The molecule has 2 unspecified atom stereocenters. The summed E-state index contributed by atoms with van der Waals surface area (Å²) in [7, 11) is 0. The van der Waals surface area contributed by atoms with Crippen LogP contribution in [0.3, 0.4) is 0 Å². The third kappa shape index (κ3) is 3.02. The minimum absolute atomic E-state index is 0.129. The first kappa shape index (κ1) is 13.6. The number of nitrogens with zero attached hydrogens (tertiary/aromatic N) is 1. The Morgan fingerprint density at radius 1 is 1.35 bits per heavy atom. The Kier molecular flexibility index (Phi) is 4.03. The quantitative estimate of drug-likeness (QED) is 0.938. The zero-order valence-corrected chi connectivity index (χ0v) is 12.6. The topological polar surface area (TPSA) is 42.4 Å². The number of hydrogen-bond donors (Lipinski definition) is 1. The van der Waals surface area contributed by atoms with Crippen molar-refractivity contribution in [3.63, 3.8) is 0 Å². The number of para-hydroxylation sites is 1. The van der Waals surface area contributed by atoms with Gasteiger partial charge >= 0.3 is 0 Å². The molecule has 1 aromatic carbocycles. The van der Waals surface area contributed by atoms with Gasteiger partial charge in [-0.25, -0.2) is 0 Å². The second-order valence-corrected chi connectivity index (χ2v) is 6.08. The molecule has 0 aliphatic carbocycles. The monoisotopic (exact) mass is 333 g/mol. The number of aliphatic hydroxyl groups is 1. The Morgan fingerprint density at radius 2 is 2.20 bits per heavy atom. The fraction of sp³-hybridized carbons (Fsp3) is 0.312. The molecule has 0 fully saturated rings. The van der Waals surface area contributed by atoms with Gasteiger partial charge in [-0.3, -0.25) is 4.98 Å². The molecule has 104 valence electrons.